The summed E-state index contributed by atoms with van der Waals surface area (Å²) in [6.07, 6.45) is 9.18. The first kappa shape index (κ1) is 17.2. The van der Waals surface area contributed by atoms with Crippen LogP contribution in [0, 0.1) is 5.92 Å². The van der Waals surface area contributed by atoms with E-state index in [1.54, 1.807) is 0 Å². The smallest absolute Gasteiger partial charge is 0.0777 e. The topological polar surface area (TPSA) is 24.5 Å². The molecular weight excluding hydrogens is 260 g/mol. The van der Waals surface area contributed by atoms with Gasteiger partial charge in [-0.25, -0.2) is 0 Å². The lowest BCUT2D eigenvalue weighted by Crippen LogP contribution is -2.59. The lowest BCUT2D eigenvalue weighted by Gasteiger charge is -2.48. The average Bonchev–Trinajstić information content (AvgIpc) is 2.53. The Morgan fingerprint density at radius 3 is 2.76 bits per heavy atom. The van der Waals surface area contributed by atoms with Gasteiger partial charge in [0.15, 0.2) is 0 Å². The minimum absolute atomic E-state index is 0.0622. The third-order valence-corrected chi connectivity index (χ3v) is 5.81. The van der Waals surface area contributed by atoms with E-state index in [0.717, 1.165) is 19.0 Å². The zero-order chi connectivity index (χ0) is 15.3. The Morgan fingerprint density at radius 1 is 1.29 bits per heavy atom. The zero-order valence-corrected chi connectivity index (χ0v) is 14.7. The van der Waals surface area contributed by atoms with Gasteiger partial charge in [-0.15, -0.1) is 0 Å². The van der Waals surface area contributed by atoms with Crippen LogP contribution in [0.3, 0.4) is 0 Å². The van der Waals surface area contributed by atoms with Gasteiger partial charge in [-0.2, -0.15) is 0 Å². The van der Waals surface area contributed by atoms with E-state index in [9.17, 15) is 0 Å². The van der Waals surface area contributed by atoms with Crippen LogP contribution in [-0.4, -0.2) is 49.3 Å². The average molecular weight is 296 g/mol. The van der Waals surface area contributed by atoms with Crippen molar-refractivity contribution in [1.29, 1.82) is 0 Å². The Kier molecular flexibility index (Phi) is 6.51. The Hall–Kier alpha value is -0.120. The first-order valence-corrected chi connectivity index (χ1v) is 9.14. The Morgan fingerprint density at radius 2 is 2.10 bits per heavy atom. The lowest BCUT2D eigenvalue weighted by molar-refractivity contribution is -0.0710. The van der Waals surface area contributed by atoms with Crippen LogP contribution in [0.4, 0.5) is 0 Å². The van der Waals surface area contributed by atoms with Crippen molar-refractivity contribution >= 4 is 0 Å². The number of methoxy groups -OCH3 is 1. The van der Waals surface area contributed by atoms with Crippen LogP contribution >= 0.6 is 0 Å². The molecule has 2 fully saturated rings. The van der Waals surface area contributed by atoms with E-state index in [1.165, 1.54) is 51.5 Å². The van der Waals surface area contributed by atoms with Crippen LogP contribution in [-0.2, 0) is 4.74 Å². The first-order valence-electron chi connectivity index (χ1n) is 9.14. The fourth-order valence-corrected chi connectivity index (χ4v) is 4.27. The van der Waals surface area contributed by atoms with E-state index in [2.05, 4.69) is 31.0 Å². The van der Waals surface area contributed by atoms with Crippen molar-refractivity contribution in [3.63, 3.8) is 0 Å². The molecule has 2 aliphatic rings. The third kappa shape index (κ3) is 4.43. The number of nitrogens with one attached hydrogen (secondary N) is 1. The van der Waals surface area contributed by atoms with Crippen molar-refractivity contribution in [2.45, 2.75) is 83.4 Å². The molecule has 0 amide bonds. The summed E-state index contributed by atoms with van der Waals surface area (Å²) in [7, 11) is 1.88. The van der Waals surface area contributed by atoms with Crippen molar-refractivity contribution in [3.8, 4) is 0 Å². The summed E-state index contributed by atoms with van der Waals surface area (Å²) in [6, 6.07) is 1.40. The number of likely N-dealkylation sites (tertiary alicyclic amines) is 1. The summed E-state index contributed by atoms with van der Waals surface area (Å²) in [6.45, 7) is 10.4. The molecule has 0 bridgehead atoms. The molecule has 0 radical (unpaired) electrons. The van der Waals surface area contributed by atoms with Gasteiger partial charge < -0.3 is 10.1 Å². The molecule has 3 heteroatoms. The van der Waals surface area contributed by atoms with Crippen LogP contribution < -0.4 is 5.32 Å². The monoisotopic (exact) mass is 296 g/mol. The standard InChI is InChI=1S/C18H36N2O/c1-5-11-19-16-9-8-15(6-2)13-17(16)20-12-7-10-18(3,14-20)21-4/h15-17,19H,5-14H2,1-4H3. The summed E-state index contributed by atoms with van der Waals surface area (Å²) in [5, 5.41) is 3.83. The molecule has 3 nitrogen and oxygen atoms in total. The third-order valence-electron chi connectivity index (χ3n) is 5.81. The van der Waals surface area contributed by atoms with E-state index in [-0.39, 0.29) is 5.60 Å². The second-order valence-electron chi connectivity index (χ2n) is 7.44. The molecule has 0 aromatic rings. The highest BCUT2D eigenvalue weighted by molar-refractivity contribution is 4.95. The summed E-state index contributed by atoms with van der Waals surface area (Å²) in [4.78, 5) is 2.74. The van der Waals surface area contributed by atoms with E-state index in [1.807, 2.05) is 7.11 Å². The number of hydrogen-bond donors (Lipinski definition) is 1. The molecule has 4 atom stereocenters. The van der Waals surface area contributed by atoms with Crippen LogP contribution in [0.15, 0.2) is 0 Å². The Bertz CT molecular complexity index is 310. The van der Waals surface area contributed by atoms with Gasteiger partial charge in [-0.1, -0.05) is 20.3 Å². The molecule has 2 rings (SSSR count). The second-order valence-corrected chi connectivity index (χ2v) is 7.44. The fraction of sp³-hybridized carbons (Fsp3) is 1.00. The van der Waals surface area contributed by atoms with Crippen LogP contribution in [0.25, 0.3) is 0 Å². The van der Waals surface area contributed by atoms with E-state index >= 15 is 0 Å². The molecule has 0 aromatic heterocycles. The van der Waals surface area contributed by atoms with Gasteiger partial charge in [0.25, 0.3) is 0 Å². The van der Waals surface area contributed by atoms with E-state index in [4.69, 9.17) is 4.74 Å². The van der Waals surface area contributed by atoms with Crippen molar-refractivity contribution < 1.29 is 4.74 Å². The van der Waals surface area contributed by atoms with Gasteiger partial charge in [0, 0.05) is 25.7 Å². The highest BCUT2D eigenvalue weighted by atomic mass is 16.5. The van der Waals surface area contributed by atoms with E-state index in [0.29, 0.717) is 12.1 Å². The molecular formula is C18H36N2O. The van der Waals surface area contributed by atoms with Crippen LogP contribution in [0.5, 0.6) is 0 Å². The van der Waals surface area contributed by atoms with Crippen LogP contribution in [0.2, 0.25) is 0 Å². The Labute approximate surface area is 131 Å². The van der Waals surface area contributed by atoms with E-state index < -0.39 is 0 Å². The summed E-state index contributed by atoms with van der Waals surface area (Å²) in [5.41, 5.74) is 0.0622. The summed E-state index contributed by atoms with van der Waals surface area (Å²) >= 11 is 0. The fourth-order valence-electron chi connectivity index (χ4n) is 4.27. The zero-order valence-electron chi connectivity index (χ0n) is 14.7. The summed E-state index contributed by atoms with van der Waals surface area (Å²) < 4.78 is 5.81. The molecule has 1 saturated heterocycles. The predicted molar refractivity (Wildman–Crippen MR) is 89.7 cm³/mol. The number of rotatable bonds is 6. The minimum Gasteiger partial charge on any atom is -0.377 e. The molecule has 0 spiro atoms. The molecule has 1 saturated carbocycles. The Balaban J connectivity index is 2.03. The number of nitrogens with zero attached hydrogens (tertiary/aromatic N) is 1. The lowest BCUT2D eigenvalue weighted by atomic mass is 9.79. The maximum atomic E-state index is 5.81. The maximum Gasteiger partial charge on any atom is 0.0777 e. The van der Waals surface area contributed by atoms with Crippen molar-refractivity contribution in [3.05, 3.63) is 0 Å². The highest BCUT2D eigenvalue weighted by Gasteiger charge is 2.39. The molecule has 1 aliphatic carbocycles. The predicted octanol–water partition coefficient (Wildman–Crippen LogP) is 3.43. The van der Waals surface area contributed by atoms with Gasteiger partial charge >= 0.3 is 0 Å². The highest BCUT2D eigenvalue weighted by Crippen LogP contribution is 2.34. The molecule has 124 valence electrons. The van der Waals surface area contributed by atoms with Gasteiger partial charge in [-0.3, -0.25) is 4.90 Å². The van der Waals surface area contributed by atoms with Gasteiger partial charge in [0.2, 0.25) is 0 Å². The normalized spacial score (nSPS) is 38.6. The largest absolute Gasteiger partial charge is 0.377 e. The quantitative estimate of drug-likeness (QED) is 0.812. The molecule has 4 unspecified atom stereocenters. The van der Waals surface area contributed by atoms with Gasteiger partial charge in [0.1, 0.15) is 0 Å². The molecule has 0 aromatic carbocycles. The number of piperidine rings is 1. The minimum atomic E-state index is 0.0622. The van der Waals surface area contributed by atoms with Gasteiger partial charge in [0.05, 0.1) is 5.60 Å². The van der Waals surface area contributed by atoms with Gasteiger partial charge in [-0.05, 0) is 64.5 Å². The number of ether oxygens (including phenoxy) is 1. The second kappa shape index (κ2) is 7.94. The molecule has 1 heterocycles. The van der Waals surface area contributed by atoms with Crippen molar-refractivity contribution in [1.82, 2.24) is 10.2 Å². The summed E-state index contributed by atoms with van der Waals surface area (Å²) in [5.74, 6) is 0.922. The maximum absolute atomic E-state index is 5.81. The molecule has 1 N–H and O–H groups in total. The SMILES string of the molecule is CCCNC1CCC(CC)CC1N1CCCC(C)(OC)C1. The first-order chi connectivity index (χ1) is 10.1. The number of hydrogen-bond acceptors (Lipinski definition) is 3. The van der Waals surface area contributed by atoms with Crippen molar-refractivity contribution in [2.24, 2.45) is 5.92 Å². The van der Waals surface area contributed by atoms with Crippen molar-refractivity contribution in [2.75, 3.05) is 26.7 Å². The molecule has 1 aliphatic heterocycles. The van der Waals surface area contributed by atoms with Crippen LogP contribution in [0.1, 0.15) is 65.7 Å². The molecule has 21 heavy (non-hydrogen) atoms.